The van der Waals surface area contributed by atoms with Crippen LogP contribution < -0.4 is 0 Å². The molecule has 1 heterocycles. The second-order valence-corrected chi connectivity index (χ2v) is 8.74. The zero-order valence-electron chi connectivity index (χ0n) is 19.4. The van der Waals surface area contributed by atoms with E-state index in [-0.39, 0.29) is 13.2 Å². The lowest BCUT2D eigenvalue weighted by Gasteiger charge is -2.23. The number of aliphatic hydroxyl groups is 3. The Kier molecular flexibility index (Phi) is 17.7. The Hall–Kier alpha value is -0.460. The van der Waals surface area contributed by atoms with Crippen molar-refractivity contribution in [3.63, 3.8) is 0 Å². The lowest BCUT2D eigenvalue weighted by molar-refractivity contribution is -0.0935. The first-order valence-corrected chi connectivity index (χ1v) is 12.6. The Labute approximate surface area is 184 Å². The van der Waals surface area contributed by atoms with Crippen molar-refractivity contribution in [1.29, 1.82) is 0 Å². The largest absolute Gasteiger partial charge is 0.394 e. The average molecular weight is 429 g/mol. The van der Waals surface area contributed by atoms with Crippen LogP contribution in [0.2, 0.25) is 0 Å². The quantitative estimate of drug-likeness (QED) is 0.190. The lowest BCUT2D eigenvalue weighted by atomic mass is 10.0. The molecule has 0 aromatic rings. The summed E-state index contributed by atoms with van der Waals surface area (Å²) in [6.07, 6.45) is 21.1. The third kappa shape index (κ3) is 13.1. The number of hydrogen-bond acceptors (Lipinski definition) is 5. The van der Waals surface area contributed by atoms with Crippen molar-refractivity contribution in [2.75, 3.05) is 19.8 Å². The third-order valence-corrected chi connectivity index (χ3v) is 5.95. The molecule has 30 heavy (non-hydrogen) atoms. The first kappa shape index (κ1) is 27.6. The molecule has 1 saturated heterocycles. The zero-order chi connectivity index (χ0) is 21.9. The van der Waals surface area contributed by atoms with E-state index in [9.17, 15) is 10.2 Å². The molecule has 4 atom stereocenters. The van der Waals surface area contributed by atoms with Crippen molar-refractivity contribution in [1.82, 2.24) is 0 Å². The Morgan fingerprint density at radius 1 is 0.867 bits per heavy atom. The van der Waals surface area contributed by atoms with E-state index in [0.29, 0.717) is 6.61 Å². The summed E-state index contributed by atoms with van der Waals surface area (Å²) in [7, 11) is 0. The topological polar surface area (TPSA) is 79.2 Å². The van der Waals surface area contributed by atoms with Crippen LogP contribution in [0.5, 0.6) is 0 Å². The fraction of sp³-hybridized carbons (Fsp3) is 0.920. The Morgan fingerprint density at radius 2 is 1.40 bits per heavy atom. The van der Waals surface area contributed by atoms with Gasteiger partial charge in [0.25, 0.3) is 0 Å². The van der Waals surface area contributed by atoms with Crippen LogP contribution >= 0.6 is 0 Å². The van der Waals surface area contributed by atoms with Gasteiger partial charge in [-0.1, -0.05) is 89.7 Å². The minimum atomic E-state index is -1.01. The van der Waals surface area contributed by atoms with Gasteiger partial charge in [0.2, 0.25) is 0 Å². The fourth-order valence-electron chi connectivity index (χ4n) is 4.02. The monoisotopic (exact) mass is 428 g/mol. The summed E-state index contributed by atoms with van der Waals surface area (Å²) >= 11 is 0. The van der Waals surface area contributed by atoms with E-state index in [2.05, 4.69) is 19.1 Å². The molecule has 0 aliphatic carbocycles. The van der Waals surface area contributed by atoms with E-state index in [0.717, 1.165) is 19.3 Å². The molecule has 1 fully saturated rings. The molecule has 0 spiro atoms. The molecule has 1 aliphatic heterocycles. The standard InChI is InChI=1S/C25H48O5/c1-2-3-4-5-6-7-8-9-10-11-12-13-14-15-16-17-18-19-29-25-23(28)21-30-24(25)22(27)20-26/h15-16,22-28H,2-14,17-21H2,1H3/b16-15+/t22-,23+,24-,25-/m0/s1. The van der Waals surface area contributed by atoms with Gasteiger partial charge < -0.3 is 24.8 Å². The summed E-state index contributed by atoms with van der Waals surface area (Å²) < 4.78 is 11.0. The van der Waals surface area contributed by atoms with E-state index >= 15 is 0 Å². The van der Waals surface area contributed by atoms with E-state index in [1.54, 1.807) is 0 Å². The van der Waals surface area contributed by atoms with Crippen molar-refractivity contribution >= 4 is 0 Å². The average Bonchev–Trinajstić information content (AvgIpc) is 3.12. The van der Waals surface area contributed by atoms with Gasteiger partial charge in [-0.15, -0.1) is 0 Å². The van der Waals surface area contributed by atoms with E-state index in [4.69, 9.17) is 14.6 Å². The molecule has 0 saturated carbocycles. The van der Waals surface area contributed by atoms with Gasteiger partial charge in [-0.2, -0.15) is 0 Å². The molecule has 5 heteroatoms. The SMILES string of the molecule is CCCCCCCCCCCCCC/C=C/CCCO[C@@H]1[C@H]([C@@H](O)CO)OC[C@H]1O. The molecule has 0 bridgehead atoms. The zero-order valence-corrected chi connectivity index (χ0v) is 19.4. The summed E-state index contributed by atoms with van der Waals surface area (Å²) in [5.74, 6) is 0. The number of allylic oxidation sites excluding steroid dienone is 2. The second kappa shape index (κ2) is 19.2. The predicted molar refractivity (Wildman–Crippen MR) is 123 cm³/mol. The molecule has 0 radical (unpaired) electrons. The van der Waals surface area contributed by atoms with Crippen LogP contribution in [0.15, 0.2) is 12.2 Å². The van der Waals surface area contributed by atoms with Crippen LogP contribution in [0.3, 0.4) is 0 Å². The third-order valence-electron chi connectivity index (χ3n) is 5.95. The number of aliphatic hydroxyl groups excluding tert-OH is 3. The molecular weight excluding hydrogens is 380 g/mol. The highest BCUT2D eigenvalue weighted by molar-refractivity contribution is 4.89. The van der Waals surface area contributed by atoms with Crippen molar-refractivity contribution in [2.45, 2.75) is 128 Å². The highest BCUT2D eigenvalue weighted by atomic mass is 16.6. The van der Waals surface area contributed by atoms with Crippen LogP contribution in [0.4, 0.5) is 0 Å². The fourth-order valence-corrected chi connectivity index (χ4v) is 4.02. The maximum absolute atomic E-state index is 9.89. The summed E-state index contributed by atoms with van der Waals surface area (Å²) in [6.45, 7) is 2.54. The number of hydrogen-bond donors (Lipinski definition) is 3. The minimum Gasteiger partial charge on any atom is -0.394 e. The highest BCUT2D eigenvalue weighted by Gasteiger charge is 2.40. The molecule has 0 aromatic heterocycles. The second-order valence-electron chi connectivity index (χ2n) is 8.74. The molecule has 0 amide bonds. The van der Waals surface area contributed by atoms with Gasteiger partial charge in [-0.05, 0) is 25.7 Å². The normalized spacial score (nSPS) is 22.9. The molecule has 178 valence electrons. The number of unbranched alkanes of at least 4 members (excludes halogenated alkanes) is 13. The van der Waals surface area contributed by atoms with Crippen LogP contribution in [0.1, 0.15) is 103 Å². The summed E-state index contributed by atoms with van der Waals surface area (Å²) in [5.41, 5.74) is 0. The van der Waals surface area contributed by atoms with Crippen molar-refractivity contribution in [2.24, 2.45) is 0 Å². The van der Waals surface area contributed by atoms with Gasteiger partial charge in [0.15, 0.2) is 0 Å². The highest BCUT2D eigenvalue weighted by Crippen LogP contribution is 2.21. The molecule has 3 N–H and O–H groups in total. The van der Waals surface area contributed by atoms with Crippen molar-refractivity contribution in [3.05, 3.63) is 12.2 Å². The van der Waals surface area contributed by atoms with Gasteiger partial charge in [0.1, 0.15) is 24.4 Å². The summed E-state index contributed by atoms with van der Waals surface area (Å²) in [4.78, 5) is 0. The maximum atomic E-state index is 9.89. The van der Waals surface area contributed by atoms with E-state index in [1.165, 1.54) is 77.0 Å². The van der Waals surface area contributed by atoms with Crippen LogP contribution in [-0.4, -0.2) is 59.6 Å². The van der Waals surface area contributed by atoms with Gasteiger partial charge in [0, 0.05) is 6.61 Å². The lowest BCUT2D eigenvalue weighted by Crippen LogP contribution is -2.42. The minimum absolute atomic E-state index is 0.144. The van der Waals surface area contributed by atoms with Gasteiger partial charge in [-0.3, -0.25) is 0 Å². The van der Waals surface area contributed by atoms with Crippen LogP contribution in [0, 0.1) is 0 Å². The molecule has 1 rings (SSSR count). The Bertz CT molecular complexity index is 401. The van der Waals surface area contributed by atoms with Crippen LogP contribution in [-0.2, 0) is 9.47 Å². The van der Waals surface area contributed by atoms with E-state index < -0.39 is 24.4 Å². The number of rotatable bonds is 20. The molecule has 0 unspecified atom stereocenters. The van der Waals surface area contributed by atoms with Crippen LogP contribution in [0.25, 0.3) is 0 Å². The molecule has 0 aromatic carbocycles. The summed E-state index contributed by atoms with van der Waals surface area (Å²) in [5, 5.41) is 28.7. The van der Waals surface area contributed by atoms with Gasteiger partial charge >= 0.3 is 0 Å². The molecular formula is C25H48O5. The Morgan fingerprint density at radius 3 is 1.97 bits per heavy atom. The maximum Gasteiger partial charge on any atom is 0.114 e. The van der Waals surface area contributed by atoms with Crippen molar-refractivity contribution < 1.29 is 24.8 Å². The first-order valence-electron chi connectivity index (χ1n) is 12.6. The number of ether oxygens (including phenoxy) is 2. The summed E-state index contributed by atoms with van der Waals surface area (Å²) in [6, 6.07) is 0. The Balaban J connectivity index is 1.86. The van der Waals surface area contributed by atoms with Gasteiger partial charge in [0.05, 0.1) is 13.2 Å². The molecule has 5 nitrogen and oxygen atoms in total. The van der Waals surface area contributed by atoms with E-state index in [1.807, 2.05) is 0 Å². The smallest absolute Gasteiger partial charge is 0.114 e. The van der Waals surface area contributed by atoms with Crippen molar-refractivity contribution in [3.8, 4) is 0 Å². The van der Waals surface area contributed by atoms with Gasteiger partial charge in [-0.25, -0.2) is 0 Å². The first-order chi connectivity index (χ1) is 14.7. The molecule has 1 aliphatic rings. The predicted octanol–water partition coefficient (Wildman–Crippen LogP) is 4.91.